The lowest BCUT2D eigenvalue weighted by molar-refractivity contribution is 0.307. The first kappa shape index (κ1) is 10.1. The molecule has 5 heteroatoms. The first-order chi connectivity index (χ1) is 7.40. The summed E-state index contributed by atoms with van der Waals surface area (Å²) in [6.45, 7) is 0.583. The number of nitriles is 1. The van der Waals surface area contributed by atoms with Crippen LogP contribution >= 0.6 is 0 Å². The Labute approximate surface area is 88.5 Å². The third-order valence-electron chi connectivity index (χ3n) is 2.86. The van der Waals surface area contributed by atoms with Crippen LogP contribution in [0.1, 0.15) is 31.5 Å². The van der Waals surface area contributed by atoms with Gasteiger partial charge in [-0.25, -0.2) is 0 Å². The Hall–Kier alpha value is -1.41. The second-order valence-electron chi connectivity index (χ2n) is 3.85. The molecule has 1 aliphatic rings. The second-order valence-corrected chi connectivity index (χ2v) is 3.85. The minimum Gasteiger partial charge on any atom is -0.343 e. The first-order valence-corrected chi connectivity index (χ1v) is 5.28. The quantitative estimate of drug-likeness (QED) is 0.805. The topological polar surface area (TPSA) is 74.7 Å². The summed E-state index contributed by atoms with van der Waals surface area (Å²) in [7, 11) is 0. The van der Waals surface area contributed by atoms with Crippen molar-refractivity contribution in [1.29, 1.82) is 5.26 Å². The van der Waals surface area contributed by atoms with Crippen LogP contribution < -0.4 is 5.32 Å². The third-order valence-corrected chi connectivity index (χ3v) is 2.86. The Bertz CT molecular complexity index is 330. The number of hydrogen-bond donors (Lipinski definition) is 1. The van der Waals surface area contributed by atoms with Crippen LogP contribution in [0, 0.1) is 17.2 Å². The van der Waals surface area contributed by atoms with E-state index in [9.17, 15) is 0 Å². The lowest BCUT2D eigenvalue weighted by Gasteiger charge is -2.27. The van der Waals surface area contributed by atoms with E-state index in [-0.39, 0.29) is 12.0 Å². The molecule has 80 valence electrons. The van der Waals surface area contributed by atoms with Gasteiger partial charge in [0.1, 0.15) is 0 Å². The van der Waals surface area contributed by atoms with E-state index in [2.05, 4.69) is 26.0 Å². The van der Waals surface area contributed by atoms with Gasteiger partial charge < -0.3 is 9.84 Å². The van der Waals surface area contributed by atoms with Gasteiger partial charge in [0, 0.05) is 6.04 Å². The van der Waals surface area contributed by atoms with Gasteiger partial charge in [0.2, 0.25) is 6.39 Å². The molecule has 0 aliphatic heterocycles. The highest BCUT2D eigenvalue weighted by atomic mass is 16.5. The van der Waals surface area contributed by atoms with Gasteiger partial charge in [-0.2, -0.15) is 10.2 Å². The third kappa shape index (κ3) is 2.54. The lowest BCUT2D eigenvalue weighted by Crippen LogP contribution is -2.37. The molecule has 0 radical (unpaired) electrons. The second kappa shape index (κ2) is 4.89. The fourth-order valence-corrected chi connectivity index (χ4v) is 2.02. The molecule has 0 bridgehead atoms. The maximum atomic E-state index is 8.98. The van der Waals surface area contributed by atoms with Gasteiger partial charge in [0.05, 0.1) is 18.5 Å². The van der Waals surface area contributed by atoms with Gasteiger partial charge in [-0.3, -0.25) is 0 Å². The summed E-state index contributed by atoms with van der Waals surface area (Å²) in [5, 5.41) is 16.0. The standard InChI is InChI=1S/C10H14N4O/c11-5-8-3-1-2-4-9(8)12-6-10-13-7-15-14-10/h7-9,12H,1-4,6H2. The fraction of sp³-hybridized carbons (Fsp3) is 0.700. The molecular formula is C10H14N4O. The maximum Gasteiger partial charge on any atom is 0.213 e. The van der Waals surface area contributed by atoms with Crippen molar-refractivity contribution in [3.8, 4) is 6.07 Å². The van der Waals surface area contributed by atoms with Crippen LogP contribution in [0.5, 0.6) is 0 Å². The van der Waals surface area contributed by atoms with Crippen LogP contribution in [0.2, 0.25) is 0 Å². The molecule has 1 heterocycles. The minimum absolute atomic E-state index is 0.130. The number of rotatable bonds is 3. The molecule has 15 heavy (non-hydrogen) atoms. The molecule has 2 rings (SSSR count). The normalized spacial score (nSPS) is 26.1. The van der Waals surface area contributed by atoms with Crippen molar-refractivity contribution in [2.24, 2.45) is 5.92 Å². The largest absolute Gasteiger partial charge is 0.343 e. The van der Waals surface area contributed by atoms with E-state index < -0.39 is 0 Å². The molecule has 1 fully saturated rings. The Morgan fingerprint density at radius 2 is 2.40 bits per heavy atom. The summed E-state index contributed by atoms with van der Waals surface area (Å²) in [5.41, 5.74) is 0. The van der Waals surface area contributed by atoms with E-state index in [0.717, 1.165) is 12.8 Å². The van der Waals surface area contributed by atoms with Gasteiger partial charge >= 0.3 is 0 Å². The molecule has 2 atom stereocenters. The average Bonchev–Trinajstić information content (AvgIpc) is 2.79. The van der Waals surface area contributed by atoms with Gasteiger partial charge in [-0.1, -0.05) is 18.0 Å². The summed E-state index contributed by atoms with van der Waals surface area (Å²) in [6.07, 6.45) is 5.75. The van der Waals surface area contributed by atoms with Crippen LogP contribution in [-0.2, 0) is 6.54 Å². The molecule has 2 unspecified atom stereocenters. The number of hydrogen-bond acceptors (Lipinski definition) is 5. The van der Waals surface area contributed by atoms with Crippen molar-refractivity contribution < 1.29 is 4.52 Å². The Morgan fingerprint density at radius 1 is 1.53 bits per heavy atom. The zero-order valence-corrected chi connectivity index (χ0v) is 8.52. The summed E-state index contributed by atoms with van der Waals surface area (Å²) >= 11 is 0. The molecule has 1 aromatic rings. The van der Waals surface area contributed by atoms with Crippen molar-refractivity contribution in [2.75, 3.05) is 0 Å². The van der Waals surface area contributed by atoms with Gasteiger partial charge in [-0.15, -0.1) is 0 Å². The average molecular weight is 206 g/mol. The Morgan fingerprint density at radius 3 is 3.13 bits per heavy atom. The van der Waals surface area contributed by atoms with Crippen molar-refractivity contribution in [2.45, 2.75) is 38.3 Å². The van der Waals surface area contributed by atoms with E-state index >= 15 is 0 Å². The summed E-state index contributed by atoms with van der Waals surface area (Å²) < 4.78 is 4.64. The zero-order valence-electron chi connectivity index (χ0n) is 8.52. The maximum absolute atomic E-state index is 8.98. The number of nitrogens with zero attached hydrogens (tertiary/aromatic N) is 3. The van der Waals surface area contributed by atoms with Crippen LogP contribution in [-0.4, -0.2) is 16.2 Å². The minimum atomic E-state index is 0.130. The van der Waals surface area contributed by atoms with Crippen molar-refractivity contribution >= 4 is 0 Å². The predicted octanol–water partition coefficient (Wildman–Crippen LogP) is 1.24. The van der Waals surface area contributed by atoms with Crippen molar-refractivity contribution in [1.82, 2.24) is 15.5 Å². The molecule has 0 spiro atoms. The highest BCUT2D eigenvalue weighted by Gasteiger charge is 2.24. The number of aromatic nitrogens is 2. The molecule has 0 saturated heterocycles. The van der Waals surface area contributed by atoms with E-state index in [1.807, 2.05) is 0 Å². The summed E-state index contributed by atoms with van der Waals surface area (Å²) in [5.74, 6) is 0.780. The van der Waals surface area contributed by atoms with E-state index in [1.54, 1.807) is 0 Å². The fourth-order valence-electron chi connectivity index (χ4n) is 2.02. The zero-order chi connectivity index (χ0) is 10.5. The SMILES string of the molecule is N#CC1CCCCC1NCc1ncon1. The number of nitrogens with one attached hydrogen (secondary N) is 1. The monoisotopic (exact) mass is 206 g/mol. The van der Waals surface area contributed by atoms with Gasteiger partial charge in [-0.05, 0) is 12.8 Å². The van der Waals surface area contributed by atoms with Gasteiger partial charge in [0.15, 0.2) is 5.82 Å². The molecular weight excluding hydrogens is 192 g/mol. The first-order valence-electron chi connectivity index (χ1n) is 5.28. The van der Waals surface area contributed by atoms with Gasteiger partial charge in [0.25, 0.3) is 0 Å². The molecule has 0 amide bonds. The molecule has 1 aromatic heterocycles. The van der Waals surface area contributed by atoms with Crippen LogP contribution in [0.25, 0.3) is 0 Å². The summed E-state index contributed by atoms with van der Waals surface area (Å²) in [6, 6.07) is 2.64. The van der Waals surface area contributed by atoms with E-state index in [0.29, 0.717) is 12.4 Å². The molecule has 1 aliphatic carbocycles. The van der Waals surface area contributed by atoms with Crippen LogP contribution in [0.4, 0.5) is 0 Å². The Balaban J connectivity index is 1.85. The van der Waals surface area contributed by atoms with Crippen molar-refractivity contribution in [3.05, 3.63) is 12.2 Å². The molecule has 1 saturated carbocycles. The van der Waals surface area contributed by atoms with Crippen LogP contribution in [0.3, 0.4) is 0 Å². The molecule has 5 nitrogen and oxygen atoms in total. The lowest BCUT2D eigenvalue weighted by atomic mass is 9.85. The Kier molecular flexibility index (Phi) is 3.30. The molecule has 0 aromatic carbocycles. The van der Waals surface area contributed by atoms with Crippen LogP contribution in [0.15, 0.2) is 10.9 Å². The van der Waals surface area contributed by atoms with E-state index in [1.165, 1.54) is 19.2 Å². The van der Waals surface area contributed by atoms with Crippen molar-refractivity contribution in [3.63, 3.8) is 0 Å². The highest BCUT2D eigenvalue weighted by molar-refractivity contribution is 4.95. The highest BCUT2D eigenvalue weighted by Crippen LogP contribution is 2.23. The smallest absolute Gasteiger partial charge is 0.213 e. The molecule has 1 N–H and O–H groups in total. The summed E-state index contributed by atoms with van der Waals surface area (Å²) in [4.78, 5) is 3.93. The predicted molar refractivity (Wildman–Crippen MR) is 52.5 cm³/mol. The van der Waals surface area contributed by atoms with E-state index in [4.69, 9.17) is 5.26 Å².